The van der Waals surface area contributed by atoms with Gasteiger partial charge in [0, 0.05) is 41.3 Å². The monoisotopic (exact) mass is 398 g/mol. The van der Waals surface area contributed by atoms with Gasteiger partial charge in [-0.2, -0.15) is 0 Å². The molecule has 0 rings (SSSR count). The Morgan fingerprint density at radius 1 is 1.35 bits per heavy atom. The molecule has 1 N–H and O–H groups in total. The zero-order valence-corrected chi connectivity index (χ0v) is 15.4. The maximum atomic E-state index is 11.6. The van der Waals surface area contributed by atoms with Gasteiger partial charge in [0.05, 0.1) is 6.61 Å². The van der Waals surface area contributed by atoms with Gasteiger partial charge in [0.25, 0.3) is 0 Å². The number of carbonyl (C=O) groups is 1. The number of halogens is 1. The molecule has 0 atom stereocenters. The van der Waals surface area contributed by atoms with E-state index in [1.807, 2.05) is 18.9 Å². The third-order valence-corrected chi connectivity index (χ3v) is 2.32. The van der Waals surface area contributed by atoms with Gasteiger partial charge in [0.1, 0.15) is 6.54 Å². The summed E-state index contributed by atoms with van der Waals surface area (Å²) in [5, 5.41) is 3.16. The van der Waals surface area contributed by atoms with Crippen molar-refractivity contribution < 1.29 is 9.53 Å². The van der Waals surface area contributed by atoms with Crippen LogP contribution in [0.3, 0.4) is 0 Å². The Morgan fingerprint density at radius 3 is 2.40 bits per heavy atom. The number of carbonyl (C=O) groups excluding carboxylic acids is 1. The second-order valence-electron chi connectivity index (χ2n) is 4.66. The lowest BCUT2D eigenvalue weighted by Crippen LogP contribution is -2.41. The highest BCUT2D eigenvalue weighted by atomic mass is 127. The lowest BCUT2D eigenvalue weighted by Gasteiger charge is -2.22. The van der Waals surface area contributed by atoms with Gasteiger partial charge in [-0.05, 0) is 6.92 Å². The van der Waals surface area contributed by atoms with Crippen LogP contribution in [0.5, 0.6) is 0 Å². The van der Waals surface area contributed by atoms with Crippen LogP contribution in [0.1, 0.15) is 6.92 Å². The molecule has 1 amide bonds. The van der Waals surface area contributed by atoms with Crippen LogP contribution >= 0.6 is 24.0 Å². The molecule has 20 heavy (non-hydrogen) atoms. The molecule has 6 nitrogen and oxygen atoms in total. The molecule has 0 saturated heterocycles. The maximum Gasteiger partial charge on any atom is 0.243 e. The van der Waals surface area contributed by atoms with Crippen LogP contribution in [0, 0.1) is 0 Å². The largest absolute Gasteiger partial charge is 0.383 e. The van der Waals surface area contributed by atoms with E-state index >= 15 is 0 Å². The minimum Gasteiger partial charge on any atom is -0.383 e. The highest BCUT2D eigenvalue weighted by Gasteiger charge is 2.08. The molecule has 0 heterocycles. The predicted octanol–water partition coefficient (Wildman–Crippen LogP) is 0.792. The van der Waals surface area contributed by atoms with Crippen molar-refractivity contribution >= 4 is 35.8 Å². The van der Waals surface area contributed by atoms with E-state index < -0.39 is 0 Å². The summed E-state index contributed by atoms with van der Waals surface area (Å²) < 4.78 is 4.99. The van der Waals surface area contributed by atoms with Crippen molar-refractivity contribution in [3.05, 3.63) is 12.2 Å². The first-order chi connectivity index (χ1) is 8.88. The summed E-state index contributed by atoms with van der Waals surface area (Å²) in [6.45, 7) is 7.87. The fraction of sp³-hybridized carbons (Fsp3) is 0.692. The van der Waals surface area contributed by atoms with Gasteiger partial charge in [0.2, 0.25) is 5.91 Å². The number of ether oxygens (including phenoxy) is 1. The molecular formula is C13H27IN4O2. The van der Waals surface area contributed by atoms with Gasteiger partial charge in [-0.25, -0.2) is 4.99 Å². The van der Waals surface area contributed by atoms with Crippen molar-refractivity contribution in [2.24, 2.45) is 4.99 Å². The molecule has 7 heteroatoms. The molecule has 0 aromatic heterocycles. The van der Waals surface area contributed by atoms with Crippen LogP contribution in [0.15, 0.2) is 17.1 Å². The number of rotatable bonds is 7. The van der Waals surface area contributed by atoms with E-state index in [9.17, 15) is 4.79 Å². The van der Waals surface area contributed by atoms with Crippen molar-refractivity contribution in [1.82, 2.24) is 15.1 Å². The van der Waals surface area contributed by atoms with Gasteiger partial charge in [-0.1, -0.05) is 12.2 Å². The molecule has 0 spiro atoms. The van der Waals surface area contributed by atoms with Gasteiger partial charge >= 0.3 is 0 Å². The number of methoxy groups -OCH3 is 1. The second kappa shape index (κ2) is 12.0. The van der Waals surface area contributed by atoms with Crippen LogP contribution in [-0.4, -0.2) is 76.2 Å². The zero-order valence-electron chi connectivity index (χ0n) is 13.1. The SMILES string of the molecule is C=C(C)CN(C)C(=NCC(=O)N(C)C)NCCOC.I. The third-order valence-electron chi connectivity index (χ3n) is 2.32. The van der Waals surface area contributed by atoms with Crippen molar-refractivity contribution in [3.8, 4) is 0 Å². The molecule has 118 valence electrons. The molecule has 0 fully saturated rings. The number of nitrogens with zero attached hydrogens (tertiary/aromatic N) is 3. The van der Waals surface area contributed by atoms with Crippen LogP contribution < -0.4 is 5.32 Å². The Hall–Kier alpha value is -0.830. The average Bonchev–Trinajstić information content (AvgIpc) is 2.31. The fourth-order valence-electron chi connectivity index (χ4n) is 1.34. The van der Waals surface area contributed by atoms with Crippen LogP contribution in [0.4, 0.5) is 0 Å². The Bertz CT molecular complexity index is 332. The molecule has 0 bridgehead atoms. The summed E-state index contributed by atoms with van der Waals surface area (Å²) in [6.07, 6.45) is 0. The molecule has 0 aromatic carbocycles. The summed E-state index contributed by atoms with van der Waals surface area (Å²) in [7, 11) is 6.99. The molecule has 0 saturated carbocycles. The fourth-order valence-corrected chi connectivity index (χ4v) is 1.34. The predicted molar refractivity (Wildman–Crippen MR) is 93.7 cm³/mol. The van der Waals surface area contributed by atoms with Crippen molar-refractivity contribution in [2.45, 2.75) is 6.92 Å². The van der Waals surface area contributed by atoms with E-state index in [1.54, 1.807) is 21.2 Å². The molecule has 0 radical (unpaired) electrons. The van der Waals surface area contributed by atoms with E-state index in [4.69, 9.17) is 4.74 Å². The highest BCUT2D eigenvalue weighted by Crippen LogP contribution is 1.94. The van der Waals surface area contributed by atoms with Gasteiger partial charge in [0.15, 0.2) is 5.96 Å². The number of aliphatic imine (C=N–C) groups is 1. The van der Waals surface area contributed by atoms with Crippen molar-refractivity contribution in [2.75, 3.05) is 54.5 Å². The summed E-state index contributed by atoms with van der Waals surface area (Å²) in [4.78, 5) is 19.3. The molecular weight excluding hydrogens is 371 g/mol. The minimum atomic E-state index is -0.0326. The first-order valence-corrected chi connectivity index (χ1v) is 6.21. The Kier molecular flexibility index (Phi) is 12.8. The van der Waals surface area contributed by atoms with E-state index in [-0.39, 0.29) is 36.4 Å². The Balaban J connectivity index is 0. The summed E-state index contributed by atoms with van der Waals surface area (Å²) in [5.41, 5.74) is 1.03. The van der Waals surface area contributed by atoms with Crippen LogP contribution in [0.25, 0.3) is 0 Å². The van der Waals surface area contributed by atoms with Gasteiger partial charge < -0.3 is 19.9 Å². The maximum absolute atomic E-state index is 11.6. The highest BCUT2D eigenvalue weighted by molar-refractivity contribution is 14.0. The molecule has 0 aliphatic rings. The smallest absolute Gasteiger partial charge is 0.243 e. The molecule has 0 aliphatic heterocycles. The number of likely N-dealkylation sites (N-methyl/N-ethyl adjacent to an activating group) is 2. The van der Waals surface area contributed by atoms with E-state index in [1.165, 1.54) is 4.90 Å². The van der Waals surface area contributed by atoms with E-state index in [2.05, 4.69) is 16.9 Å². The second-order valence-corrected chi connectivity index (χ2v) is 4.66. The van der Waals surface area contributed by atoms with Crippen LogP contribution in [-0.2, 0) is 9.53 Å². The van der Waals surface area contributed by atoms with Crippen molar-refractivity contribution in [1.29, 1.82) is 0 Å². The normalized spacial score (nSPS) is 10.6. The number of hydrogen-bond donors (Lipinski definition) is 1. The molecule has 0 aliphatic carbocycles. The Labute approximate surface area is 139 Å². The van der Waals surface area contributed by atoms with Crippen molar-refractivity contribution in [3.63, 3.8) is 0 Å². The third kappa shape index (κ3) is 10.0. The summed E-state index contributed by atoms with van der Waals surface area (Å²) >= 11 is 0. The van der Waals surface area contributed by atoms with E-state index in [0.29, 0.717) is 25.7 Å². The number of amides is 1. The summed E-state index contributed by atoms with van der Waals surface area (Å²) in [5.74, 6) is 0.644. The molecule has 0 aromatic rings. The number of guanidine groups is 1. The summed E-state index contributed by atoms with van der Waals surface area (Å²) in [6, 6.07) is 0. The lowest BCUT2D eigenvalue weighted by atomic mass is 10.3. The van der Waals surface area contributed by atoms with Crippen LogP contribution in [0.2, 0.25) is 0 Å². The van der Waals surface area contributed by atoms with E-state index in [0.717, 1.165) is 5.57 Å². The zero-order chi connectivity index (χ0) is 14.8. The number of nitrogens with one attached hydrogen (secondary N) is 1. The van der Waals surface area contributed by atoms with Gasteiger partial charge in [-0.15, -0.1) is 24.0 Å². The lowest BCUT2D eigenvalue weighted by molar-refractivity contribution is -0.127. The first kappa shape index (κ1) is 21.5. The first-order valence-electron chi connectivity index (χ1n) is 6.21. The minimum absolute atomic E-state index is 0. The Morgan fingerprint density at radius 2 is 1.95 bits per heavy atom. The molecule has 0 unspecified atom stereocenters. The average molecular weight is 398 g/mol. The van der Waals surface area contributed by atoms with Gasteiger partial charge in [-0.3, -0.25) is 4.79 Å². The standard InChI is InChI=1S/C13H26N4O2.HI/c1-11(2)10-17(5)13(14-7-8-19-6)15-9-12(18)16(3)4;/h1,7-10H2,2-6H3,(H,14,15);1H. The number of hydrogen-bond acceptors (Lipinski definition) is 3. The quantitative estimate of drug-likeness (QED) is 0.227. The topological polar surface area (TPSA) is 57.2 Å².